The summed E-state index contributed by atoms with van der Waals surface area (Å²) in [5.74, 6) is -0.00825. The molecule has 20 heavy (non-hydrogen) atoms. The van der Waals surface area contributed by atoms with Crippen molar-refractivity contribution in [1.82, 2.24) is 4.98 Å². The van der Waals surface area contributed by atoms with Gasteiger partial charge in [0.1, 0.15) is 15.6 Å². The van der Waals surface area contributed by atoms with Crippen LogP contribution in [-0.4, -0.2) is 38.5 Å². The molecule has 0 aliphatic carbocycles. The summed E-state index contributed by atoms with van der Waals surface area (Å²) in [5.41, 5.74) is -0.835. The van der Waals surface area contributed by atoms with Crippen LogP contribution in [0.1, 0.15) is 13.3 Å². The Balaban J connectivity index is 0.00000361. The van der Waals surface area contributed by atoms with E-state index in [4.69, 9.17) is 4.74 Å². The molecule has 0 aliphatic heterocycles. The SMILES string of the molecule is CCS(=O)(=O)CCCOc1cncc([B-](F)(F)F)c1.[K+]. The Morgan fingerprint density at radius 2 is 1.95 bits per heavy atom. The summed E-state index contributed by atoms with van der Waals surface area (Å²) in [6.07, 6.45) is 2.13. The van der Waals surface area contributed by atoms with Gasteiger partial charge in [0.2, 0.25) is 0 Å². The molecule has 0 atom stereocenters. The van der Waals surface area contributed by atoms with Crippen molar-refractivity contribution >= 4 is 22.3 Å². The summed E-state index contributed by atoms with van der Waals surface area (Å²) in [6, 6.07) is 0.862. The van der Waals surface area contributed by atoms with E-state index < -0.39 is 22.3 Å². The van der Waals surface area contributed by atoms with Crippen molar-refractivity contribution in [2.75, 3.05) is 18.1 Å². The van der Waals surface area contributed by atoms with Gasteiger partial charge in [-0.2, -0.15) is 0 Å². The molecule has 0 spiro atoms. The van der Waals surface area contributed by atoms with Crippen LogP contribution in [0.2, 0.25) is 0 Å². The average Bonchev–Trinajstić information content (AvgIpc) is 2.34. The van der Waals surface area contributed by atoms with Crippen LogP contribution in [0.3, 0.4) is 0 Å². The Morgan fingerprint density at radius 3 is 2.50 bits per heavy atom. The smallest absolute Gasteiger partial charge is 0.492 e. The van der Waals surface area contributed by atoms with Crippen molar-refractivity contribution in [2.45, 2.75) is 13.3 Å². The second-order valence-corrected chi connectivity index (χ2v) is 6.44. The van der Waals surface area contributed by atoms with Crippen molar-refractivity contribution in [3.8, 4) is 5.75 Å². The Labute approximate surface area is 158 Å². The molecule has 1 heterocycles. The molecule has 1 rings (SSSR count). The fraction of sp³-hybridized carbons (Fsp3) is 0.500. The zero-order valence-electron chi connectivity index (χ0n) is 11.4. The van der Waals surface area contributed by atoms with Crippen LogP contribution in [0, 0.1) is 0 Å². The second-order valence-electron chi connectivity index (χ2n) is 3.97. The molecule has 4 nitrogen and oxygen atoms in total. The van der Waals surface area contributed by atoms with Gasteiger partial charge in [-0.1, -0.05) is 12.4 Å². The zero-order chi connectivity index (χ0) is 14.5. The van der Waals surface area contributed by atoms with E-state index in [1.165, 1.54) is 13.1 Å². The monoisotopic (exact) mass is 335 g/mol. The van der Waals surface area contributed by atoms with Gasteiger partial charge in [-0.25, -0.2) is 8.42 Å². The first-order valence-corrected chi connectivity index (χ1v) is 7.55. The van der Waals surface area contributed by atoms with Crippen molar-refractivity contribution in [3.63, 3.8) is 0 Å². The molecule has 0 saturated carbocycles. The van der Waals surface area contributed by atoms with Crippen LogP contribution in [0.25, 0.3) is 0 Å². The maximum Gasteiger partial charge on any atom is 1.00 e. The summed E-state index contributed by atoms with van der Waals surface area (Å²) < 4.78 is 64.8. The first kappa shape index (κ1) is 20.4. The molecule has 0 unspecified atom stereocenters. The molecule has 108 valence electrons. The van der Waals surface area contributed by atoms with Gasteiger partial charge in [-0.15, -0.1) is 0 Å². The van der Waals surface area contributed by atoms with Gasteiger partial charge >= 0.3 is 58.4 Å². The minimum Gasteiger partial charge on any atom is -0.492 e. The summed E-state index contributed by atoms with van der Waals surface area (Å²) >= 11 is 0. The molecular formula is C10H14BF3KNO3S. The third-order valence-electron chi connectivity index (χ3n) is 2.42. The van der Waals surface area contributed by atoms with E-state index >= 15 is 0 Å². The molecule has 1 aromatic rings. The van der Waals surface area contributed by atoms with Crippen LogP contribution in [0.5, 0.6) is 5.75 Å². The van der Waals surface area contributed by atoms with Gasteiger partial charge in [0, 0.05) is 11.9 Å². The fourth-order valence-corrected chi connectivity index (χ4v) is 2.15. The Morgan fingerprint density at radius 1 is 1.30 bits per heavy atom. The predicted octanol–water partition coefficient (Wildman–Crippen LogP) is -1.66. The summed E-state index contributed by atoms with van der Waals surface area (Å²) in [4.78, 5) is 3.45. The van der Waals surface area contributed by atoms with Crippen LogP contribution < -0.4 is 61.6 Å². The van der Waals surface area contributed by atoms with E-state index in [-0.39, 0.29) is 81.7 Å². The summed E-state index contributed by atoms with van der Waals surface area (Å²) in [7, 11) is -3.08. The number of aromatic nitrogens is 1. The number of sulfone groups is 1. The van der Waals surface area contributed by atoms with Gasteiger partial charge in [0.25, 0.3) is 0 Å². The quantitative estimate of drug-likeness (QED) is 0.442. The van der Waals surface area contributed by atoms with E-state index in [9.17, 15) is 21.4 Å². The standard InChI is InChI=1S/C10H14BF3NO3S.K/c1-2-19(16,17)5-3-4-18-10-6-9(7-15-8-10)11(12,13)14;/h6-8H,2-5H2,1H3;/q-1;+1. The summed E-state index contributed by atoms with van der Waals surface area (Å²) in [6.45, 7) is -3.54. The minimum atomic E-state index is -5.11. The van der Waals surface area contributed by atoms with E-state index in [2.05, 4.69) is 4.98 Å². The van der Waals surface area contributed by atoms with Gasteiger partial charge in [-0.3, -0.25) is 4.98 Å². The maximum atomic E-state index is 12.4. The minimum absolute atomic E-state index is 0. The van der Waals surface area contributed by atoms with E-state index in [1.54, 1.807) is 0 Å². The molecule has 0 fully saturated rings. The predicted molar refractivity (Wildman–Crippen MR) is 67.4 cm³/mol. The van der Waals surface area contributed by atoms with E-state index in [0.717, 1.165) is 12.3 Å². The van der Waals surface area contributed by atoms with Crippen molar-refractivity contribution in [2.24, 2.45) is 0 Å². The number of hydrogen-bond acceptors (Lipinski definition) is 4. The number of halogens is 3. The molecule has 0 bridgehead atoms. The van der Waals surface area contributed by atoms with Crippen molar-refractivity contribution in [1.29, 1.82) is 0 Å². The number of rotatable bonds is 7. The molecule has 0 amide bonds. The largest absolute Gasteiger partial charge is 1.00 e. The Hall–Kier alpha value is 0.391. The number of pyridine rings is 1. The first-order chi connectivity index (χ1) is 8.74. The fourth-order valence-electron chi connectivity index (χ4n) is 1.31. The van der Waals surface area contributed by atoms with Crippen molar-refractivity contribution in [3.05, 3.63) is 18.5 Å². The Bertz CT molecular complexity index is 525. The number of nitrogens with zero attached hydrogens (tertiary/aromatic N) is 1. The zero-order valence-corrected chi connectivity index (χ0v) is 15.3. The molecule has 10 heteroatoms. The van der Waals surface area contributed by atoms with Gasteiger partial charge in [0.15, 0.2) is 0 Å². The van der Waals surface area contributed by atoms with Crippen LogP contribution in [0.15, 0.2) is 18.5 Å². The van der Waals surface area contributed by atoms with Crippen LogP contribution in [-0.2, 0) is 9.84 Å². The molecule has 0 N–H and O–H groups in total. The van der Waals surface area contributed by atoms with Crippen molar-refractivity contribution < 1.29 is 77.5 Å². The van der Waals surface area contributed by atoms with E-state index in [0.29, 0.717) is 0 Å². The third kappa shape index (κ3) is 7.41. The maximum absolute atomic E-state index is 12.4. The van der Waals surface area contributed by atoms with E-state index in [1.807, 2.05) is 0 Å². The topological polar surface area (TPSA) is 56.3 Å². The third-order valence-corrected chi connectivity index (χ3v) is 4.21. The van der Waals surface area contributed by atoms with Gasteiger partial charge in [-0.05, 0) is 12.5 Å². The normalized spacial score (nSPS) is 11.8. The Kier molecular flexibility index (Phi) is 8.91. The molecule has 0 aromatic carbocycles. The molecule has 1 aromatic heterocycles. The first-order valence-electron chi connectivity index (χ1n) is 5.73. The molecule has 0 saturated heterocycles. The van der Waals surface area contributed by atoms with Crippen LogP contribution in [0.4, 0.5) is 12.9 Å². The number of hydrogen-bond donors (Lipinski definition) is 0. The molecule has 0 radical (unpaired) electrons. The number of ether oxygens (including phenoxy) is 1. The second kappa shape index (κ2) is 8.74. The summed E-state index contributed by atoms with van der Waals surface area (Å²) in [5, 5.41) is 0. The molecular weight excluding hydrogens is 321 g/mol. The molecule has 0 aliphatic rings. The van der Waals surface area contributed by atoms with Crippen LogP contribution >= 0.6 is 0 Å². The van der Waals surface area contributed by atoms with Gasteiger partial charge < -0.3 is 17.7 Å². The average molecular weight is 335 g/mol. The van der Waals surface area contributed by atoms with Gasteiger partial charge in [0.05, 0.1) is 18.6 Å².